The molecule has 0 saturated heterocycles. The van der Waals surface area contributed by atoms with Gasteiger partial charge in [0, 0.05) is 29.4 Å². The van der Waals surface area contributed by atoms with Crippen molar-refractivity contribution in [1.82, 2.24) is 0 Å². The molecule has 25 heavy (non-hydrogen) atoms. The van der Waals surface area contributed by atoms with Gasteiger partial charge in [-0.15, -0.1) is 0 Å². The van der Waals surface area contributed by atoms with Gasteiger partial charge >= 0.3 is 5.97 Å². The molecule has 0 fully saturated rings. The van der Waals surface area contributed by atoms with Gasteiger partial charge in [0.15, 0.2) is 0 Å². The van der Waals surface area contributed by atoms with Crippen LogP contribution in [0, 0.1) is 0 Å². The Morgan fingerprint density at radius 1 is 1.20 bits per heavy atom. The van der Waals surface area contributed by atoms with Crippen molar-refractivity contribution in [2.45, 2.75) is 32.4 Å². The van der Waals surface area contributed by atoms with Crippen molar-refractivity contribution in [3.05, 3.63) is 58.6 Å². The molecule has 0 aliphatic carbocycles. The summed E-state index contributed by atoms with van der Waals surface area (Å²) in [6, 6.07) is 12.2. The summed E-state index contributed by atoms with van der Waals surface area (Å²) >= 11 is 5.93. The fourth-order valence-electron chi connectivity index (χ4n) is 3.36. The fraction of sp³-hybridized carbons (Fsp3) is 0.263. The van der Waals surface area contributed by atoms with Gasteiger partial charge in [-0.3, -0.25) is 4.79 Å². The standard InChI is InChI=1S/C19H19ClN2O3/c1-11-9-17(21-15-6-4-14(20)5-7-15)16-10-13(19(24)25)3-8-18(16)22(11)12(2)23/h3-8,10-11,17,21H,9H2,1-2H3,(H,24,25)/t11-,17+/m0/s1. The predicted octanol–water partition coefficient (Wildman–Crippen LogP) is 4.34. The highest BCUT2D eigenvalue weighted by molar-refractivity contribution is 6.30. The molecule has 0 aromatic heterocycles. The van der Waals surface area contributed by atoms with Gasteiger partial charge in [0.1, 0.15) is 0 Å². The number of nitrogens with zero attached hydrogens (tertiary/aromatic N) is 1. The zero-order valence-electron chi connectivity index (χ0n) is 14.0. The Hall–Kier alpha value is -2.53. The molecule has 2 atom stereocenters. The normalized spacial score (nSPS) is 19.2. The van der Waals surface area contributed by atoms with Gasteiger partial charge in [-0.05, 0) is 61.4 Å². The summed E-state index contributed by atoms with van der Waals surface area (Å²) in [5.74, 6) is -1.04. The van der Waals surface area contributed by atoms with Gasteiger partial charge in [-0.2, -0.15) is 0 Å². The minimum absolute atomic E-state index is 0.00507. The minimum atomic E-state index is -0.985. The van der Waals surface area contributed by atoms with E-state index in [1.807, 2.05) is 19.1 Å². The summed E-state index contributed by atoms with van der Waals surface area (Å²) in [5.41, 5.74) is 2.66. The molecule has 5 nitrogen and oxygen atoms in total. The van der Waals surface area contributed by atoms with Crippen molar-refractivity contribution in [2.75, 3.05) is 10.2 Å². The van der Waals surface area contributed by atoms with E-state index in [1.54, 1.807) is 29.2 Å². The van der Waals surface area contributed by atoms with Gasteiger partial charge < -0.3 is 15.3 Å². The average molecular weight is 359 g/mol. The van der Waals surface area contributed by atoms with E-state index in [0.29, 0.717) is 11.4 Å². The zero-order chi connectivity index (χ0) is 18.1. The van der Waals surface area contributed by atoms with E-state index in [2.05, 4.69) is 5.32 Å². The van der Waals surface area contributed by atoms with Crippen LogP contribution in [0.25, 0.3) is 0 Å². The van der Waals surface area contributed by atoms with E-state index >= 15 is 0 Å². The molecule has 0 radical (unpaired) electrons. The topological polar surface area (TPSA) is 69.6 Å². The second-order valence-electron chi connectivity index (χ2n) is 6.26. The van der Waals surface area contributed by atoms with Gasteiger partial charge in [0.05, 0.1) is 11.6 Å². The third kappa shape index (κ3) is 3.46. The number of carboxylic acids is 1. The van der Waals surface area contributed by atoms with Crippen LogP contribution in [0.2, 0.25) is 5.02 Å². The first-order valence-electron chi connectivity index (χ1n) is 8.06. The van der Waals surface area contributed by atoms with Crippen molar-refractivity contribution < 1.29 is 14.7 Å². The van der Waals surface area contributed by atoms with Crippen LogP contribution in [0.1, 0.15) is 42.2 Å². The van der Waals surface area contributed by atoms with Crippen LogP contribution in [0.5, 0.6) is 0 Å². The first-order valence-corrected chi connectivity index (χ1v) is 8.43. The number of halogens is 1. The molecule has 2 aromatic carbocycles. The number of carbonyl (C=O) groups is 2. The molecule has 3 rings (SSSR count). The maximum absolute atomic E-state index is 12.1. The molecule has 130 valence electrons. The summed E-state index contributed by atoms with van der Waals surface area (Å²) in [6.07, 6.45) is 0.679. The first-order chi connectivity index (χ1) is 11.9. The molecule has 2 aromatic rings. The van der Waals surface area contributed by atoms with Crippen LogP contribution in [0.4, 0.5) is 11.4 Å². The smallest absolute Gasteiger partial charge is 0.335 e. The predicted molar refractivity (Wildman–Crippen MR) is 98.5 cm³/mol. The quantitative estimate of drug-likeness (QED) is 0.856. The number of nitrogens with one attached hydrogen (secondary N) is 1. The monoisotopic (exact) mass is 358 g/mol. The molecule has 2 N–H and O–H groups in total. The van der Waals surface area contributed by atoms with Crippen molar-refractivity contribution in [3.8, 4) is 0 Å². The number of carbonyl (C=O) groups excluding carboxylic acids is 1. The van der Waals surface area contributed by atoms with Crippen LogP contribution in [0.15, 0.2) is 42.5 Å². The second kappa shape index (κ2) is 6.76. The summed E-state index contributed by atoms with van der Waals surface area (Å²) in [6.45, 7) is 3.52. The molecule has 1 aliphatic heterocycles. The summed E-state index contributed by atoms with van der Waals surface area (Å²) < 4.78 is 0. The average Bonchev–Trinajstić information content (AvgIpc) is 2.56. The number of anilines is 2. The molecular weight excluding hydrogens is 340 g/mol. The van der Waals surface area contributed by atoms with Gasteiger partial charge in [0.2, 0.25) is 5.91 Å². The van der Waals surface area contributed by atoms with E-state index in [1.165, 1.54) is 13.0 Å². The van der Waals surface area contributed by atoms with Crippen molar-refractivity contribution in [3.63, 3.8) is 0 Å². The molecule has 1 aliphatic rings. The van der Waals surface area contributed by atoms with Gasteiger partial charge in [-0.25, -0.2) is 4.79 Å². The Morgan fingerprint density at radius 2 is 1.88 bits per heavy atom. The third-order valence-corrected chi connectivity index (χ3v) is 4.70. The zero-order valence-corrected chi connectivity index (χ0v) is 14.7. The van der Waals surface area contributed by atoms with Crippen molar-refractivity contribution in [1.29, 1.82) is 0 Å². The van der Waals surface area contributed by atoms with Gasteiger partial charge in [-0.1, -0.05) is 11.6 Å². The SMILES string of the molecule is CC(=O)N1c2ccc(C(=O)O)cc2[C@H](Nc2ccc(Cl)cc2)C[C@@H]1C. The van der Waals surface area contributed by atoms with Gasteiger partial charge in [0.25, 0.3) is 0 Å². The van der Waals surface area contributed by atoms with Crippen LogP contribution in [-0.2, 0) is 4.79 Å². The number of rotatable bonds is 3. The third-order valence-electron chi connectivity index (χ3n) is 4.45. The van der Waals surface area contributed by atoms with E-state index in [9.17, 15) is 14.7 Å². The summed E-state index contributed by atoms with van der Waals surface area (Å²) in [5, 5.41) is 13.4. The lowest BCUT2D eigenvalue weighted by molar-refractivity contribution is -0.117. The number of hydrogen-bond acceptors (Lipinski definition) is 3. The number of amides is 1. The van der Waals surface area contributed by atoms with Crippen molar-refractivity contribution >= 4 is 34.9 Å². The Bertz CT molecular complexity index is 820. The number of hydrogen-bond donors (Lipinski definition) is 2. The Labute approximate surface area is 151 Å². The molecule has 1 amide bonds. The summed E-state index contributed by atoms with van der Waals surface area (Å²) in [4.78, 5) is 25.1. The lowest BCUT2D eigenvalue weighted by Gasteiger charge is -2.39. The minimum Gasteiger partial charge on any atom is -0.478 e. The molecule has 0 spiro atoms. The molecule has 0 bridgehead atoms. The highest BCUT2D eigenvalue weighted by Gasteiger charge is 2.33. The van der Waals surface area contributed by atoms with Crippen LogP contribution >= 0.6 is 11.6 Å². The number of fused-ring (bicyclic) bond motifs is 1. The van der Waals surface area contributed by atoms with Crippen LogP contribution in [-0.4, -0.2) is 23.0 Å². The number of benzene rings is 2. The maximum atomic E-state index is 12.1. The Kier molecular flexibility index (Phi) is 4.68. The molecule has 1 heterocycles. The Balaban J connectivity index is 2.03. The Morgan fingerprint density at radius 3 is 2.48 bits per heavy atom. The largest absolute Gasteiger partial charge is 0.478 e. The molecule has 0 saturated carbocycles. The number of carboxylic acid groups (broad SMARTS) is 1. The highest BCUT2D eigenvalue weighted by atomic mass is 35.5. The maximum Gasteiger partial charge on any atom is 0.335 e. The van der Waals surface area contributed by atoms with Crippen molar-refractivity contribution in [2.24, 2.45) is 0 Å². The lowest BCUT2D eigenvalue weighted by Crippen LogP contribution is -2.43. The molecule has 0 unspecified atom stereocenters. The second-order valence-corrected chi connectivity index (χ2v) is 6.69. The lowest BCUT2D eigenvalue weighted by atomic mass is 9.90. The number of aromatic carboxylic acids is 1. The van der Waals surface area contributed by atoms with E-state index in [4.69, 9.17) is 11.6 Å². The highest BCUT2D eigenvalue weighted by Crippen LogP contribution is 2.39. The first kappa shape index (κ1) is 17.3. The summed E-state index contributed by atoms with van der Waals surface area (Å²) in [7, 11) is 0. The van der Waals surface area contributed by atoms with E-state index < -0.39 is 5.97 Å². The van der Waals surface area contributed by atoms with E-state index in [-0.39, 0.29) is 23.6 Å². The van der Waals surface area contributed by atoms with Crippen LogP contribution in [0.3, 0.4) is 0 Å². The van der Waals surface area contributed by atoms with Crippen LogP contribution < -0.4 is 10.2 Å². The molecule has 6 heteroatoms. The fourth-order valence-corrected chi connectivity index (χ4v) is 3.49. The molecular formula is C19H19ClN2O3. The van der Waals surface area contributed by atoms with E-state index in [0.717, 1.165) is 16.9 Å².